The fourth-order valence-electron chi connectivity index (χ4n) is 2.79. The van der Waals surface area contributed by atoms with Crippen LogP contribution in [0.5, 0.6) is 0 Å². The summed E-state index contributed by atoms with van der Waals surface area (Å²) in [5.41, 5.74) is 2.52. The van der Waals surface area contributed by atoms with Gasteiger partial charge in [0.15, 0.2) is 4.96 Å². The topological polar surface area (TPSA) is 72.2 Å². The van der Waals surface area contributed by atoms with E-state index in [-0.39, 0.29) is 11.2 Å². The Morgan fingerprint density at radius 2 is 2.12 bits per heavy atom. The predicted octanol–water partition coefficient (Wildman–Crippen LogP) is 2.72. The number of H-pyrrole nitrogens is 1. The highest BCUT2D eigenvalue weighted by Crippen LogP contribution is 2.14. The van der Waals surface area contributed by atoms with Gasteiger partial charge in [-0.3, -0.25) is 13.8 Å². The molecule has 0 aliphatic heterocycles. The van der Waals surface area contributed by atoms with Gasteiger partial charge in [-0.2, -0.15) is 11.8 Å². The summed E-state index contributed by atoms with van der Waals surface area (Å²) >= 11 is 3.19. The predicted molar refractivity (Wildman–Crippen MR) is 103 cm³/mol. The first-order valence-corrected chi connectivity index (χ1v) is 9.97. The summed E-state index contributed by atoms with van der Waals surface area (Å²) in [7, 11) is 0. The van der Waals surface area contributed by atoms with E-state index in [1.807, 2.05) is 29.6 Å². The molecule has 4 aromatic rings. The Labute approximate surface area is 151 Å². The Balaban J connectivity index is 1.35. The first kappa shape index (κ1) is 16.2. The van der Waals surface area contributed by atoms with Crippen LogP contribution < -0.4 is 11.2 Å². The number of imidazole rings is 1. The molecule has 0 aliphatic rings. The van der Waals surface area contributed by atoms with E-state index in [4.69, 9.17) is 0 Å². The average molecular weight is 372 g/mol. The van der Waals surface area contributed by atoms with Crippen LogP contribution >= 0.6 is 23.1 Å². The van der Waals surface area contributed by atoms with Gasteiger partial charge in [-0.1, -0.05) is 12.1 Å². The molecule has 4 rings (SSSR count). The molecule has 0 fully saturated rings. The van der Waals surface area contributed by atoms with Gasteiger partial charge >= 0.3 is 5.69 Å². The average Bonchev–Trinajstić information content (AvgIpc) is 3.19. The molecule has 0 aliphatic carbocycles. The van der Waals surface area contributed by atoms with Crippen molar-refractivity contribution in [2.24, 2.45) is 0 Å². The lowest BCUT2D eigenvalue weighted by Gasteiger charge is -2.04. The van der Waals surface area contributed by atoms with E-state index in [2.05, 4.69) is 9.97 Å². The minimum Gasteiger partial charge on any atom is -0.306 e. The molecule has 0 saturated heterocycles. The van der Waals surface area contributed by atoms with Gasteiger partial charge in [-0.15, -0.1) is 11.3 Å². The summed E-state index contributed by atoms with van der Waals surface area (Å²) in [5, 5.41) is 1.86. The number of hydrogen-bond acceptors (Lipinski definition) is 5. The van der Waals surface area contributed by atoms with Crippen LogP contribution in [0.15, 0.2) is 51.5 Å². The molecule has 8 heteroatoms. The highest BCUT2D eigenvalue weighted by molar-refractivity contribution is 7.98. The van der Waals surface area contributed by atoms with Crippen LogP contribution in [0.4, 0.5) is 0 Å². The molecule has 3 heterocycles. The quantitative estimate of drug-likeness (QED) is 0.528. The van der Waals surface area contributed by atoms with Crippen LogP contribution in [-0.2, 0) is 12.3 Å². The van der Waals surface area contributed by atoms with E-state index in [1.54, 1.807) is 33.0 Å². The maximum absolute atomic E-state index is 12.0. The maximum Gasteiger partial charge on any atom is 0.326 e. The van der Waals surface area contributed by atoms with Gasteiger partial charge in [0.2, 0.25) is 0 Å². The number of aromatic nitrogens is 4. The van der Waals surface area contributed by atoms with Crippen molar-refractivity contribution in [2.75, 3.05) is 5.75 Å². The fraction of sp³-hybridized carbons (Fsp3) is 0.235. The molecule has 0 unspecified atom stereocenters. The van der Waals surface area contributed by atoms with Crippen molar-refractivity contribution in [3.8, 4) is 0 Å². The van der Waals surface area contributed by atoms with E-state index in [9.17, 15) is 9.59 Å². The third kappa shape index (κ3) is 3.27. The van der Waals surface area contributed by atoms with Crippen molar-refractivity contribution in [3.05, 3.63) is 68.4 Å². The van der Waals surface area contributed by atoms with Gasteiger partial charge in [0, 0.05) is 29.9 Å². The maximum atomic E-state index is 12.0. The van der Waals surface area contributed by atoms with Crippen molar-refractivity contribution in [1.82, 2.24) is 18.9 Å². The molecule has 0 saturated carbocycles. The van der Waals surface area contributed by atoms with E-state index in [0.29, 0.717) is 12.3 Å². The highest BCUT2D eigenvalue weighted by Gasteiger charge is 2.06. The van der Waals surface area contributed by atoms with Gasteiger partial charge in [0.25, 0.3) is 5.56 Å². The smallest absolute Gasteiger partial charge is 0.306 e. The number of thiazole rings is 1. The molecule has 1 aromatic carbocycles. The monoisotopic (exact) mass is 372 g/mol. The van der Waals surface area contributed by atoms with Crippen LogP contribution in [0, 0.1) is 0 Å². The van der Waals surface area contributed by atoms with Crippen LogP contribution in [0.25, 0.3) is 16.0 Å². The van der Waals surface area contributed by atoms with E-state index >= 15 is 0 Å². The number of nitrogens with zero attached hydrogens (tertiary/aromatic N) is 3. The lowest BCUT2D eigenvalue weighted by Crippen LogP contribution is -2.17. The zero-order valence-corrected chi connectivity index (χ0v) is 15.0. The highest BCUT2D eigenvalue weighted by atomic mass is 32.2. The second kappa shape index (κ2) is 6.89. The van der Waals surface area contributed by atoms with Crippen LogP contribution in [0.2, 0.25) is 0 Å². The Morgan fingerprint density at radius 1 is 1.24 bits per heavy atom. The second-order valence-electron chi connectivity index (χ2n) is 5.65. The van der Waals surface area contributed by atoms with Gasteiger partial charge in [-0.25, -0.2) is 9.78 Å². The van der Waals surface area contributed by atoms with E-state index in [0.717, 1.165) is 33.9 Å². The first-order valence-electron chi connectivity index (χ1n) is 7.93. The van der Waals surface area contributed by atoms with Crippen molar-refractivity contribution < 1.29 is 0 Å². The van der Waals surface area contributed by atoms with Crippen molar-refractivity contribution in [3.63, 3.8) is 0 Å². The van der Waals surface area contributed by atoms with Crippen LogP contribution in [0.1, 0.15) is 12.1 Å². The molecule has 128 valence electrons. The standard InChI is InChI=1S/C17H16N4O2S2/c22-15-10-12(18-17-21(15)7-9-25-17)11-24-8-3-6-20-14-5-2-1-4-13(14)19-16(20)23/h1-2,4-5,7,9-10H,3,6,8,11H2,(H,19,23). The minimum atomic E-state index is -0.0657. The van der Waals surface area contributed by atoms with Crippen LogP contribution in [-0.4, -0.2) is 24.7 Å². The zero-order chi connectivity index (χ0) is 17.2. The Kier molecular flexibility index (Phi) is 4.46. The Morgan fingerprint density at radius 3 is 3.04 bits per heavy atom. The van der Waals surface area contributed by atoms with E-state index < -0.39 is 0 Å². The van der Waals surface area contributed by atoms with Gasteiger partial charge in [-0.05, 0) is 24.3 Å². The second-order valence-corrected chi connectivity index (χ2v) is 7.62. The molecule has 0 amide bonds. The number of rotatable bonds is 6. The van der Waals surface area contributed by atoms with Crippen molar-refractivity contribution in [2.45, 2.75) is 18.7 Å². The number of thioether (sulfide) groups is 1. The zero-order valence-electron chi connectivity index (χ0n) is 13.3. The molecule has 0 atom stereocenters. The number of aromatic amines is 1. The van der Waals surface area contributed by atoms with Gasteiger partial charge in [0.05, 0.1) is 16.7 Å². The van der Waals surface area contributed by atoms with Crippen molar-refractivity contribution >= 4 is 39.1 Å². The molecular weight excluding hydrogens is 356 g/mol. The largest absolute Gasteiger partial charge is 0.326 e. The van der Waals surface area contributed by atoms with Gasteiger partial charge < -0.3 is 4.98 Å². The molecule has 0 radical (unpaired) electrons. The number of nitrogens with one attached hydrogen (secondary N) is 1. The summed E-state index contributed by atoms with van der Waals surface area (Å²) in [4.78, 5) is 32.1. The summed E-state index contributed by atoms with van der Waals surface area (Å²) in [6.07, 6.45) is 2.62. The van der Waals surface area contributed by atoms with Gasteiger partial charge in [0.1, 0.15) is 0 Å². The third-order valence-corrected chi connectivity index (χ3v) is 5.79. The molecule has 6 nitrogen and oxygen atoms in total. The molecule has 0 spiro atoms. The number of hydrogen-bond donors (Lipinski definition) is 1. The number of para-hydroxylation sites is 2. The number of benzene rings is 1. The Hall–Kier alpha value is -2.32. The lowest BCUT2D eigenvalue weighted by molar-refractivity contribution is 0.679. The molecular formula is C17H16N4O2S2. The third-order valence-electron chi connectivity index (χ3n) is 3.96. The van der Waals surface area contributed by atoms with E-state index in [1.165, 1.54) is 11.3 Å². The van der Waals surface area contributed by atoms with Crippen molar-refractivity contribution in [1.29, 1.82) is 0 Å². The first-order chi connectivity index (χ1) is 12.2. The molecule has 0 bridgehead atoms. The summed E-state index contributed by atoms with van der Waals surface area (Å²) in [6.45, 7) is 0.676. The molecule has 25 heavy (non-hydrogen) atoms. The summed E-state index contributed by atoms with van der Waals surface area (Å²) in [5.74, 6) is 1.60. The Bertz CT molecular complexity index is 1140. The summed E-state index contributed by atoms with van der Waals surface area (Å²) in [6, 6.07) is 9.31. The summed E-state index contributed by atoms with van der Waals surface area (Å²) < 4.78 is 3.33. The number of aryl methyl sites for hydroxylation is 1. The lowest BCUT2D eigenvalue weighted by atomic mass is 10.3. The fourth-order valence-corrected chi connectivity index (χ4v) is 4.37. The molecule has 3 aromatic heterocycles. The van der Waals surface area contributed by atoms with Crippen LogP contribution in [0.3, 0.4) is 0 Å². The SMILES string of the molecule is O=c1[nH]c2ccccc2n1CCCSCc1cc(=O)n2ccsc2n1. The minimum absolute atomic E-state index is 0.0350. The normalized spacial score (nSPS) is 11.5. The number of fused-ring (bicyclic) bond motifs is 2. The molecule has 1 N–H and O–H groups in total.